The highest BCUT2D eigenvalue weighted by molar-refractivity contribution is 7.61. The zero-order valence-corrected chi connectivity index (χ0v) is 45.8. The number of carbonyl (C=O) groups is 2. The summed E-state index contributed by atoms with van der Waals surface area (Å²) < 4.78 is 56.6. The van der Waals surface area contributed by atoms with Crippen molar-refractivity contribution in [1.82, 2.24) is 9.55 Å². The van der Waals surface area contributed by atoms with Crippen LogP contribution in [0, 0.1) is 0 Å². The molecule has 2 rings (SSSR count). The summed E-state index contributed by atoms with van der Waals surface area (Å²) in [5, 5.41) is 41.0. The highest BCUT2D eigenvalue weighted by Crippen LogP contribution is 2.60. The predicted octanol–water partition coefficient (Wildman–Crippen LogP) is 8.94. The van der Waals surface area contributed by atoms with Gasteiger partial charge in [-0.3, -0.25) is 23.2 Å². The SMILES string of the molecule is CC/C=C\C[C@H](O)/C=C/C=C\C=C\[C@H](O)C/C=C\C/C=C\CCC(=O)O[C@H](COC(=O)CCC/C=C\C/C=C\C/C=C\CCCCCCCC)COP(=O)(O)OP(=O)(O)OC[C@H]1O[C@@H](n2ccc(N)nc2=O)[C@H](O)[C@@H]1O. The van der Waals surface area contributed by atoms with Crippen molar-refractivity contribution in [3.05, 3.63) is 132 Å². The first kappa shape index (κ1) is 67.4. The Hall–Kier alpha value is -4.66. The van der Waals surface area contributed by atoms with Crippen molar-refractivity contribution in [2.75, 3.05) is 25.6 Å². The fourth-order valence-electron chi connectivity index (χ4n) is 6.94. The molecule has 0 bridgehead atoms. The maximum atomic E-state index is 12.9. The average Bonchev–Trinajstić information content (AvgIpc) is 3.65. The summed E-state index contributed by atoms with van der Waals surface area (Å²) in [6, 6.07) is 1.23. The Bertz CT molecular complexity index is 2240. The highest BCUT2D eigenvalue weighted by Gasteiger charge is 2.46. The zero-order valence-electron chi connectivity index (χ0n) is 44.0. The number of unbranched alkanes of at least 4 members (excludes halogenated alkanes) is 7. The summed E-state index contributed by atoms with van der Waals surface area (Å²) in [6.45, 7) is 1.73. The Morgan fingerprint density at radius 1 is 0.711 bits per heavy atom. The van der Waals surface area contributed by atoms with Crippen LogP contribution in [0.1, 0.15) is 136 Å². The number of allylic oxidation sites excluding steroid dienone is 14. The molecule has 1 aliphatic heterocycles. The molecule has 1 aromatic heterocycles. The van der Waals surface area contributed by atoms with Gasteiger partial charge in [0.15, 0.2) is 12.3 Å². The molecule has 0 saturated carbocycles. The van der Waals surface area contributed by atoms with Crippen LogP contribution in [-0.2, 0) is 46.3 Å². The van der Waals surface area contributed by atoms with Crippen molar-refractivity contribution < 1.29 is 76.5 Å². The van der Waals surface area contributed by atoms with Gasteiger partial charge in [-0.25, -0.2) is 13.9 Å². The molecule has 0 aromatic carbocycles. The molecule has 426 valence electrons. The number of aliphatic hydroxyl groups excluding tert-OH is 4. The second kappa shape index (κ2) is 40.5. The average molecular weight is 1110 g/mol. The van der Waals surface area contributed by atoms with Gasteiger partial charge in [0.2, 0.25) is 0 Å². The van der Waals surface area contributed by atoms with Gasteiger partial charge in [-0.2, -0.15) is 9.29 Å². The van der Waals surface area contributed by atoms with E-state index in [0.717, 1.165) is 36.4 Å². The number of nitrogens with two attached hydrogens (primary N) is 1. The summed E-state index contributed by atoms with van der Waals surface area (Å²) in [6.07, 6.45) is 39.6. The summed E-state index contributed by atoms with van der Waals surface area (Å²) in [4.78, 5) is 61.9. The van der Waals surface area contributed by atoms with Crippen molar-refractivity contribution >= 4 is 33.4 Å². The molecule has 0 amide bonds. The molecule has 2 unspecified atom stereocenters. The third-order valence-electron chi connectivity index (χ3n) is 11.0. The van der Waals surface area contributed by atoms with Crippen molar-refractivity contribution in [3.8, 4) is 0 Å². The van der Waals surface area contributed by atoms with Crippen LogP contribution in [0.2, 0.25) is 0 Å². The van der Waals surface area contributed by atoms with Gasteiger partial charge >= 0.3 is 33.3 Å². The Morgan fingerprint density at radius 3 is 1.91 bits per heavy atom. The normalized spacial score (nSPS) is 20.4. The first-order valence-electron chi connectivity index (χ1n) is 26.1. The van der Waals surface area contributed by atoms with Crippen LogP contribution in [0.4, 0.5) is 5.82 Å². The van der Waals surface area contributed by atoms with Crippen molar-refractivity contribution in [1.29, 1.82) is 0 Å². The number of aromatic nitrogens is 2. The van der Waals surface area contributed by atoms with E-state index in [1.807, 2.05) is 43.4 Å². The van der Waals surface area contributed by atoms with E-state index in [1.165, 1.54) is 44.6 Å². The van der Waals surface area contributed by atoms with Crippen LogP contribution < -0.4 is 11.4 Å². The minimum Gasteiger partial charge on any atom is -0.462 e. The number of aliphatic hydroxyl groups is 4. The molecule has 0 radical (unpaired) electrons. The lowest BCUT2D eigenvalue weighted by Gasteiger charge is -2.21. The second-order valence-electron chi connectivity index (χ2n) is 17.7. The summed E-state index contributed by atoms with van der Waals surface area (Å²) in [5.74, 6) is -1.55. The fraction of sp³-hybridized carbons (Fsp3) is 0.556. The van der Waals surface area contributed by atoms with E-state index in [1.54, 1.807) is 48.6 Å². The fourth-order valence-corrected chi connectivity index (χ4v) is 9.05. The van der Waals surface area contributed by atoms with Crippen molar-refractivity contribution in [3.63, 3.8) is 0 Å². The quantitative estimate of drug-likeness (QED) is 0.0106. The Morgan fingerprint density at radius 2 is 1.28 bits per heavy atom. The van der Waals surface area contributed by atoms with Gasteiger partial charge in [0.25, 0.3) is 0 Å². The van der Waals surface area contributed by atoms with E-state index >= 15 is 0 Å². The lowest BCUT2D eigenvalue weighted by molar-refractivity contribution is -0.161. The predicted molar refractivity (Wildman–Crippen MR) is 291 cm³/mol. The van der Waals surface area contributed by atoms with Crippen LogP contribution in [-0.4, -0.2) is 108 Å². The summed E-state index contributed by atoms with van der Waals surface area (Å²) >= 11 is 0. The van der Waals surface area contributed by atoms with E-state index in [0.29, 0.717) is 32.1 Å². The van der Waals surface area contributed by atoms with Crippen LogP contribution in [0.5, 0.6) is 0 Å². The van der Waals surface area contributed by atoms with Gasteiger partial charge < -0.3 is 50.2 Å². The molecule has 20 nitrogen and oxygen atoms in total. The maximum absolute atomic E-state index is 12.9. The molecule has 1 fully saturated rings. The molecule has 8 N–H and O–H groups in total. The number of phosphoric acid groups is 2. The minimum absolute atomic E-state index is 0.0107. The lowest BCUT2D eigenvalue weighted by atomic mass is 10.1. The van der Waals surface area contributed by atoms with Crippen molar-refractivity contribution in [2.45, 2.75) is 172 Å². The van der Waals surface area contributed by atoms with Crippen LogP contribution in [0.15, 0.2) is 126 Å². The molecular weight excluding hydrogens is 1020 g/mol. The zero-order chi connectivity index (χ0) is 55.9. The molecule has 0 spiro atoms. The number of hydrogen-bond acceptors (Lipinski definition) is 17. The highest BCUT2D eigenvalue weighted by atomic mass is 31.3. The van der Waals surface area contributed by atoms with E-state index in [-0.39, 0.29) is 25.1 Å². The molecule has 1 aliphatic rings. The van der Waals surface area contributed by atoms with Gasteiger partial charge in [0.1, 0.15) is 30.7 Å². The smallest absolute Gasteiger partial charge is 0.462 e. The lowest BCUT2D eigenvalue weighted by Crippen LogP contribution is -2.36. The van der Waals surface area contributed by atoms with E-state index < -0.39 is 95.9 Å². The molecular formula is C54H83N3O17P2. The van der Waals surface area contributed by atoms with Gasteiger partial charge in [-0.1, -0.05) is 155 Å². The van der Waals surface area contributed by atoms with Gasteiger partial charge in [0, 0.05) is 19.0 Å². The number of nitrogens with zero attached hydrogens (tertiary/aromatic N) is 2. The maximum Gasteiger partial charge on any atom is 0.481 e. The molecule has 9 atom stereocenters. The molecule has 1 aromatic rings. The third kappa shape index (κ3) is 32.8. The summed E-state index contributed by atoms with van der Waals surface area (Å²) in [7, 11) is -11.0. The first-order valence-corrected chi connectivity index (χ1v) is 29.1. The first-order chi connectivity index (χ1) is 36.5. The number of phosphoric ester groups is 2. The number of anilines is 1. The minimum atomic E-state index is -5.49. The van der Waals surface area contributed by atoms with E-state index in [4.69, 9.17) is 29.0 Å². The molecule has 1 saturated heterocycles. The summed E-state index contributed by atoms with van der Waals surface area (Å²) in [5.41, 5.74) is 4.56. The number of rotatable bonds is 41. The van der Waals surface area contributed by atoms with Crippen LogP contribution in [0.3, 0.4) is 0 Å². The molecule has 76 heavy (non-hydrogen) atoms. The number of esters is 2. The van der Waals surface area contributed by atoms with Gasteiger partial charge in [-0.05, 0) is 76.7 Å². The second-order valence-corrected chi connectivity index (χ2v) is 20.7. The molecule has 0 aliphatic carbocycles. The monoisotopic (exact) mass is 1110 g/mol. The van der Waals surface area contributed by atoms with Gasteiger partial charge in [-0.15, -0.1) is 0 Å². The standard InChI is InChI=1S/C54H83N3O17P2/c1-3-5-7-8-9-10-11-12-13-14-15-16-17-18-19-23-31-37-49(60)69-41-46(72-50(61)38-32-24-21-20-22-28-34-45(59)36-30-26-25-29-35-44(58)33-27-6-4-2)42-70-75(65,66)74-76(67,68)71-43-47-51(62)52(63)53(73-47)57-40-39-48(55)56-54(57)64/h6,12-13,15-16,18-19,21-22,24-30,35-36,39-40,44-47,51-53,58-59,62-63H,3-5,7-11,14,17,20,23,31-34,37-38,41-43H2,1-2H3,(H,65,66)(H,67,68)(H2,55,56,64)/b13-12-,16-15-,19-18-,24-21-,26-25-,27-6-,28-22-,35-29+,36-30+/t44-,45+,46+,47+,51+,52+,53+/m0/s1. The van der Waals surface area contributed by atoms with Crippen LogP contribution >= 0.6 is 15.6 Å². The largest absolute Gasteiger partial charge is 0.481 e. The Balaban J connectivity index is 1.88. The number of hydrogen-bond donors (Lipinski definition) is 7. The molecule has 2 heterocycles. The molecule has 22 heteroatoms. The Labute approximate surface area is 447 Å². The van der Waals surface area contributed by atoms with Crippen LogP contribution in [0.25, 0.3) is 0 Å². The van der Waals surface area contributed by atoms with Crippen molar-refractivity contribution in [2.24, 2.45) is 0 Å². The van der Waals surface area contributed by atoms with E-state index in [2.05, 4.69) is 40.5 Å². The van der Waals surface area contributed by atoms with E-state index in [9.17, 15) is 53.7 Å². The number of carbonyl (C=O) groups excluding carboxylic acids is 2. The number of ether oxygens (including phenoxy) is 3. The topological polar surface area (TPSA) is 306 Å². The Kier molecular flexibility index (Phi) is 36.0. The third-order valence-corrected chi connectivity index (χ3v) is 13.6. The number of nitrogen functional groups attached to an aromatic ring is 1. The van der Waals surface area contributed by atoms with Gasteiger partial charge in [0.05, 0.1) is 25.4 Å².